The van der Waals surface area contributed by atoms with Gasteiger partial charge in [0, 0.05) is 12.2 Å². The van der Waals surface area contributed by atoms with E-state index >= 15 is 0 Å². The third-order valence-electron chi connectivity index (χ3n) is 3.09. The number of alkyl halides is 1. The van der Waals surface area contributed by atoms with E-state index in [0.717, 1.165) is 11.3 Å². The highest BCUT2D eigenvalue weighted by Crippen LogP contribution is 2.24. The molecule has 3 nitrogen and oxygen atoms in total. The molecule has 92 valence electrons. The lowest BCUT2D eigenvalue weighted by Gasteiger charge is -2.17. The van der Waals surface area contributed by atoms with Crippen molar-refractivity contribution in [2.75, 3.05) is 18.4 Å². The summed E-state index contributed by atoms with van der Waals surface area (Å²) >= 11 is 0. The van der Waals surface area contributed by atoms with Crippen LogP contribution in [-0.4, -0.2) is 24.7 Å². The van der Waals surface area contributed by atoms with Gasteiger partial charge in [-0.2, -0.15) is 0 Å². The van der Waals surface area contributed by atoms with Crippen LogP contribution in [0.3, 0.4) is 0 Å². The van der Waals surface area contributed by atoms with Crippen LogP contribution in [0.5, 0.6) is 0 Å². The lowest BCUT2D eigenvalue weighted by molar-refractivity contribution is -0.118. The predicted octanol–water partition coefficient (Wildman–Crippen LogP) is 2.03. The number of para-hydroxylation sites is 1. The fourth-order valence-electron chi connectivity index (χ4n) is 2.06. The Morgan fingerprint density at radius 3 is 2.94 bits per heavy atom. The van der Waals surface area contributed by atoms with Crippen LogP contribution in [0.25, 0.3) is 0 Å². The molecule has 0 aliphatic carbocycles. The monoisotopic (exact) mass is 236 g/mol. The second kappa shape index (κ2) is 4.84. The molecule has 2 N–H and O–H groups in total. The number of anilines is 1. The molecule has 0 bridgehead atoms. The molecule has 1 aromatic rings. The standard InChI is InChI=1S/C13H17FN2O/c1-10-4-2-3-5-11(10)16-12(17)8-13(14)6-7-15-9-13/h2-5,15H,6-9H2,1H3,(H,16,17). The number of rotatable bonds is 3. The van der Waals surface area contributed by atoms with Crippen molar-refractivity contribution in [3.63, 3.8) is 0 Å². The van der Waals surface area contributed by atoms with E-state index < -0.39 is 5.67 Å². The van der Waals surface area contributed by atoms with Crippen molar-refractivity contribution in [3.05, 3.63) is 29.8 Å². The number of hydrogen-bond acceptors (Lipinski definition) is 2. The van der Waals surface area contributed by atoms with Gasteiger partial charge in [-0.1, -0.05) is 18.2 Å². The Balaban J connectivity index is 1.96. The fourth-order valence-corrected chi connectivity index (χ4v) is 2.06. The van der Waals surface area contributed by atoms with Crippen LogP contribution in [-0.2, 0) is 4.79 Å². The molecule has 1 saturated heterocycles. The summed E-state index contributed by atoms with van der Waals surface area (Å²) in [5.74, 6) is -0.259. The molecule has 4 heteroatoms. The zero-order valence-electron chi connectivity index (χ0n) is 9.92. The second-order valence-corrected chi connectivity index (χ2v) is 4.62. The van der Waals surface area contributed by atoms with Gasteiger partial charge in [0.15, 0.2) is 0 Å². The minimum absolute atomic E-state index is 0.0751. The van der Waals surface area contributed by atoms with E-state index in [9.17, 15) is 9.18 Å². The highest BCUT2D eigenvalue weighted by molar-refractivity contribution is 5.92. The molecule has 1 amide bonds. The molecule has 1 atom stereocenters. The number of nitrogens with one attached hydrogen (secondary N) is 2. The molecular weight excluding hydrogens is 219 g/mol. The predicted molar refractivity (Wildman–Crippen MR) is 65.8 cm³/mol. The normalized spacial score (nSPS) is 23.6. The summed E-state index contributed by atoms with van der Waals surface area (Å²) in [6.07, 6.45) is 0.336. The molecule has 0 aromatic heterocycles. The summed E-state index contributed by atoms with van der Waals surface area (Å²) in [7, 11) is 0. The van der Waals surface area contributed by atoms with Crippen LogP contribution >= 0.6 is 0 Å². The lowest BCUT2D eigenvalue weighted by Crippen LogP contribution is -2.31. The quantitative estimate of drug-likeness (QED) is 0.843. The van der Waals surface area contributed by atoms with Crippen LogP contribution in [0.4, 0.5) is 10.1 Å². The highest BCUT2D eigenvalue weighted by Gasteiger charge is 2.35. The van der Waals surface area contributed by atoms with Crippen molar-refractivity contribution < 1.29 is 9.18 Å². The first-order valence-electron chi connectivity index (χ1n) is 5.84. The van der Waals surface area contributed by atoms with Gasteiger partial charge in [-0.15, -0.1) is 0 Å². The molecule has 2 rings (SSSR count). The van der Waals surface area contributed by atoms with E-state index in [1.165, 1.54) is 0 Å². The van der Waals surface area contributed by atoms with E-state index in [0.29, 0.717) is 13.0 Å². The summed E-state index contributed by atoms with van der Waals surface area (Å²) in [6.45, 7) is 2.83. The molecule has 1 fully saturated rings. The van der Waals surface area contributed by atoms with Gasteiger partial charge >= 0.3 is 0 Å². The Labute approximate surface area is 100 Å². The third-order valence-corrected chi connectivity index (χ3v) is 3.09. The van der Waals surface area contributed by atoms with E-state index in [1.54, 1.807) is 0 Å². The molecule has 1 unspecified atom stereocenters. The smallest absolute Gasteiger partial charge is 0.227 e. The minimum atomic E-state index is -1.38. The Bertz CT molecular complexity index is 414. The Kier molecular flexibility index (Phi) is 3.43. The Morgan fingerprint density at radius 2 is 2.29 bits per heavy atom. The SMILES string of the molecule is Cc1ccccc1NC(=O)CC1(F)CCNC1. The van der Waals surface area contributed by atoms with Gasteiger partial charge in [0.2, 0.25) is 5.91 Å². The number of aryl methyl sites for hydroxylation is 1. The number of amides is 1. The maximum Gasteiger partial charge on any atom is 0.227 e. The Morgan fingerprint density at radius 1 is 1.53 bits per heavy atom. The van der Waals surface area contributed by atoms with Crippen LogP contribution in [0.2, 0.25) is 0 Å². The van der Waals surface area contributed by atoms with Gasteiger partial charge < -0.3 is 10.6 Å². The first-order chi connectivity index (χ1) is 8.09. The molecule has 1 aliphatic rings. The van der Waals surface area contributed by atoms with Crippen molar-refractivity contribution in [2.24, 2.45) is 0 Å². The van der Waals surface area contributed by atoms with Gasteiger partial charge in [-0.05, 0) is 31.5 Å². The van der Waals surface area contributed by atoms with Crippen LogP contribution in [0, 0.1) is 6.92 Å². The van der Waals surface area contributed by atoms with Crippen molar-refractivity contribution in [1.29, 1.82) is 0 Å². The number of benzene rings is 1. The molecule has 1 aromatic carbocycles. The first kappa shape index (κ1) is 12.0. The maximum absolute atomic E-state index is 14.0. The zero-order valence-corrected chi connectivity index (χ0v) is 9.92. The van der Waals surface area contributed by atoms with Gasteiger partial charge in [0.05, 0.1) is 6.42 Å². The van der Waals surface area contributed by atoms with Gasteiger partial charge in [0.25, 0.3) is 0 Å². The summed E-state index contributed by atoms with van der Waals surface area (Å²) in [4.78, 5) is 11.7. The number of carbonyl (C=O) groups excluding carboxylic acids is 1. The number of carbonyl (C=O) groups is 1. The van der Waals surface area contributed by atoms with E-state index in [-0.39, 0.29) is 18.9 Å². The molecule has 0 saturated carbocycles. The van der Waals surface area contributed by atoms with Crippen molar-refractivity contribution in [3.8, 4) is 0 Å². The van der Waals surface area contributed by atoms with Gasteiger partial charge in [-0.25, -0.2) is 4.39 Å². The average Bonchev–Trinajstić information content (AvgIpc) is 2.68. The molecule has 1 heterocycles. The molecule has 1 aliphatic heterocycles. The third kappa shape index (κ3) is 3.03. The van der Waals surface area contributed by atoms with E-state index in [2.05, 4.69) is 10.6 Å². The summed E-state index contributed by atoms with van der Waals surface area (Å²) in [5.41, 5.74) is 0.359. The van der Waals surface area contributed by atoms with Gasteiger partial charge in [0.1, 0.15) is 5.67 Å². The molecule has 17 heavy (non-hydrogen) atoms. The van der Waals surface area contributed by atoms with Crippen molar-refractivity contribution in [1.82, 2.24) is 5.32 Å². The van der Waals surface area contributed by atoms with E-state index in [4.69, 9.17) is 0 Å². The molecule has 0 radical (unpaired) electrons. The average molecular weight is 236 g/mol. The maximum atomic E-state index is 14.0. The lowest BCUT2D eigenvalue weighted by atomic mass is 10.0. The highest BCUT2D eigenvalue weighted by atomic mass is 19.1. The van der Waals surface area contributed by atoms with Crippen molar-refractivity contribution in [2.45, 2.75) is 25.4 Å². The first-order valence-corrected chi connectivity index (χ1v) is 5.84. The zero-order chi connectivity index (χ0) is 12.3. The van der Waals surface area contributed by atoms with Crippen molar-refractivity contribution >= 4 is 11.6 Å². The summed E-state index contributed by atoms with van der Waals surface area (Å²) < 4.78 is 14.0. The van der Waals surface area contributed by atoms with Crippen LogP contribution < -0.4 is 10.6 Å². The largest absolute Gasteiger partial charge is 0.326 e. The minimum Gasteiger partial charge on any atom is -0.326 e. The second-order valence-electron chi connectivity index (χ2n) is 4.62. The fraction of sp³-hybridized carbons (Fsp3) is 0.462. The molecule has 0 spiro atoms. The molecular formula is C13H17FN2O. The van der Waals surface area contributed by atoms with Crippen LogP contribution in [0.15, 0.2) is 24.3 Å². The van der Waals surface area contributed by atoms with Gasteiger partial charge in [-0.3, -0.25) is 4.79 Å². The number of hydrogen-bond donors (Lipinski definition) is 2. The van der Waals surface area contributed by atoms with E-state index in [1.807, 2.05) is 31.2 Å². The topological polar surface area (TPSA) is 41.1 Å². The number of halogens is 1. The summed E-state index contributed by atoms with van der Waals surface area (Å²) in [5, 5.41) is 5.69. The van der Waals surface area contributed by atoms with Crippen LogP contribution in [0.1, 0.15) is 18.4 Å². The Hall–Kier alpha value is -1.42. The summed E-state index contributed by atoms with van der Waals surface area (Å²) in [6, 6.07) is 7.50.